The van der Waals surface area contributed by atoms with Crippen LogP contribution in [0.15, 0.2) is 24.3 Å². The molecule has 0 fully saturated rings. The van der Waals surface area contributed by atoms with Crippen LogP contribution in [0, 0.1) is 47.0 Å². The molecule has 8 heavy (non-hydrogen) atoms. The Balaban J connectivity index is 3.03. The van der Waals surface area contributed by atoms with Crippen LogP contribution in [0.5, 0.6) is 0 Å². The monoisotopic (exact) mass is 245 g/mol. The summed E-state index contributed by atoms with van der Waals surface area (Å²) in [5, 5.41) is 0. The van der Waals surface area contributed by atoms with Crippen molar-refractivity contribution in [3.05, 3.63) is 24.3 Å². The van der Waals surface area contributed by atoms with E-state index in [2.05, 4.69) is 0 Å². The molecule has 2 heteroatoms. The normalized spacial score (nSPS) is 9.12. The molecule has 0 radical (unpaired) electrons. The Kier molecular flexibility index (Phi) is 2.48. The minimum atomic E-state index is 0.838. The van der Waals surface area contributed by atoms with Gasteiger partial charge in [-0.2, -0.15) is 0 Å². The molecule has 0 spiro atoms. The number of hydrogen-bond acceptors (Lipinski definition) is 1. The second kappa shape index (κ2) is 2.95. The van der Waals surface area contributed by atoms with E-state index in [9.17, 15) is 0 Å². The van der Waals surface area contributed by atoms with Gasteiger partial charge in [-0.25, -0.2) is 0 Å². The van der Waals surface area contributed by atoms with Crippen LogP contribution in [-0.4, -0.2) is 0 Å². The van der Waals surface area contributed by atoms with Crippen molar-refractivity contribution >= 4 is 5.65 Å². The van der Waals surface area contributed by atoms with Crippen LogP contribution in [-0.2, 0) is 0 Å². The Labute approximate surface area is 81.3 Å². The van der Waals surface area contributed by atoms with Gasteiger partial charge in [-0.1, -0.05) is 0 Å². The standard InChI is InChI=1S/C6H6N.Eu/c7-6-4-2-1-3-5-6;/h2-5H,7H2;. The SMILES string of the molecule is Nc1cc[c]([Eu])cc1. The molecule has 0 amide bonds. The van der Waals surface area contributed by atoms with E-state index in [1.54, 1.807) is 47.0 Å². The van der Waals surface area contributed by atoms with E-state index in [1.165, 1.54) is -0.0424 Å². The Hall–Kier alpha value is 0.604. The summed E-state index contributed by atoms with van der Waals surface area (Å²) < 4.78 is 1.30. The average molecular weight is 244 g/mol. The molecule has 0 bridgehead atoms. The van der Waals surface area contributed by atoms with Gasteiger partial charge in [0.15, 0.2) is 0 Å². The van der Waals surface area contributed by atoms with Gasteiger partial charge in [-0.05, 0) is 0 Å². The van der Waals surface area contributed by atoms with Gasteiger partial charge in [0.25, 0.3) is 0 Å². The third-order valence-corrected chi connectivity index (χ3v) is 1.68. The van der Waals surface area contributed by atoms with Gasteiger partial charge >= 0.3 is 82.7 Å². The summed E-state index contributed by atoms with van der Waals surface area (Å²) in [6, 6.07) is 7.86. The summed E-state index contributed by atoms with van der Waals surface area (Å²) >= 11 is 1.67. The van der Waals surface area contributed by atoms with Gasteiger partial charge in [0.2, 0.25) is 0 Å². The van der Waals surface area contributed by atoms with Gasteiger partial charge < -0.3 is 0 Å². The number of benzene rings is 1. The van der Waals surface area contributed by atoms with Gasteiger partial charge in [0.05, 0.1) is 0 Å². The van der Waals surface area contributed by atoms with Gasteiger partial charge in [0, 0.05) is 0 Å². The van der Waals surface area contributed by atoms with E-state index in [-0.39, 0.29) is 0 Å². The van der Waals surface area contributed by atoms with Crippen molar-refractivity contribution in [2.45, 2.75) is 0 Å². The van der Waals surface area contributed by atoms with Crippen LogP contribution in [0.1, 0.15) is 0 Å². The first kappa shape index (κ1) is 6.72. The fourth-order valence-electron chi connectivity index (χ4n) is 0.463. The molecule has 0 aliphatic rings. The van der Waals surface area contributed by atoms with Gasteiger partial charge in [0.1, 0.15) is 0 Å². The average Bonchev–Trinajstić information content (AvgIpc) is 1.77. The van der Waals surface area contributed by atoms with E-state index in [0.29, 0.717) is 0 Å². The molecule has 1 rings (SSSR count). The molecule has 0 atom stereocenters. The van der Waals surface area contributed by atoms with Crippen LogP contribution in [0.4, 0.5) is 5.69 Å². The quantitative estimate of drug-likeness (QED) is 0.658. The summed E-state index contributed by atoms with van der Waals surface area (Å²) in [5.74, 6) is 0. The van der Waals surface area contributed by atoms with E-state index in [4.69, 9.17) is 5.73 Å². The van der Waals surface area contributed by atoms with Crippen molar-refractivity contribution < 1.29 is 47.0 Å². The minimum absolute atomic E-state index is 0.838. The molecule has 1 aromatic carbocycles. The number of rotatable bonds is 0. The summed E-state index contributed by atoms with van der Waals surface area (Å²) in [5.41, 5.74) is 6.27. The van der Waals surface area contributed by atoms with Crippen LogP contribution in [0.3, 0.4) is 0 Å². The summed E-state index contributed by atoms with van der Waals surface area (Å²) in [6.45, 7) is 0. The maximum absolute atomic E-state index is 5.43. The Morgan fingerprint density at radius 3 is 2.00 bits per heavy atom. The molecule has 42 valence electrons. The Morgan fingerprint density at radius 1 is 1.12 bits per heavy atom. The van der Waals surface area contributed by atoms with E-state index in [0.717, 1.165) is 5.69 Å². The predicted molar refractivity (Wildman–Crippen MR) is 30.5 cm³/mol. The van der Waals surface area contributed by atoms with E-state index in [1.807, 2.05) is 24.3 Å². The molecule has 0 aliphatic heterocycles. The summed E-state index contributed by atoms with van der Waals surface area (Å²) in [7, 11) is 0. The van der Waals surface area contributed by atoms with E-state index < -0.39 is 0 Å². The molecule has 0 aliphatic carbocycles. The van der Waals surface area contributed by atoms with Crippen molar-refractivity contribution in [1.82, 2.24) is 0 Å². The van der Waals surface area contributed by atoms with Crippen molar-refractivity contribution in [2.24, 2.45) is 0 Å². The fourth-order valence-corrected chi connectivity index (χ4v) is 0.867. The third-order valence-electron chi connectivity index (χ3n) is 0.870. The molecule has 0 saturated heterocycles. The zero-order valence-electron chi connectivity index (χ0n) is 4.26. The molecular formula is C6H6EuN. The number of nitrogens with two attached hydrogens (primary N) is 1. The van der Waals surface area contributed by atoms with Crippen LogP contribution >= 0.6 is 0 Å². The second-order valence-electron chi connectivity index (χ2n) is 1.55. The maximum atomic E-state index is 5.43. The molecule has 1 aromatic rings. The zero-order chi connectivity index (χ0) is 5.98. The summed E-state index contributed by atoms with van der Waals surface area (Å²) in [6.07, 6.45) is 0. The fraction of sp³-hybridized carbons (Fsp3) is 0. The first-order valence-electron chi connectivity index (χ1n) is 2.30. The van der Waals surface area contributed by atoms with Crippen LogP contribution < -0.4 is 5.69 Å². The molecule has 1 nitrogen and oxygen atoms in total. The van der Waals surface area contributed by atoms with E-state index >= 15 is 0 Å². The number of nitrogen functional groups attached to an aromatic ring is 1. The predicted octanol–water partition coefficient (Wildman–Crippen LogP) is 0.443. The third kappa shape index (κ3) is 1.84. The molecule has 0 aromatic heterocycles. The zero-order valence-corrected chi connectivity index (χ0v) is 6.69. The first-order chi connectivity index (χ1) is 3.79. The Bertz CT molecular complexity index is 147. The van der Waals surface area contributed by atoms with Crippen molar-refractivity contribution in [3.63, 3.8) is 0 Å². The summed E-state index contributed by atoms with van der Waals surface area (Å²) in [4.78, 5) is 0. The number of anilines is 1. The molecule has 2 N–H and O–H groups in total. The molecule has 0 unspecified atom stereocenters. The molecule has 0 heterocycles. The van der Waals surface area contributed by atoms with Crippen molar-refractivity contribution in [2.75, 3.05) is 5.73 Å². The van der Waals surface area contributed by atoms with Crippen LogP contribution in [0.2, 0.25) is 0 Å². The number of hydrogen-bond donors (Lipinski definition) is 1. The second-order valence-corrected chi connectivity index (χ2v) is 2.95. The first-order valence-corrected chi connectivity index (χ1v) is 3.51. The van der Waals surface area contributed by atoms with Crippen molar-refractivity contribution in [1.29, 1.82) is 0 Å². The molecule has 0 saturated carbocycles. The van der Waals surface area contributed by atoms with Crippen molar-refractivity contribution in [3.8, 4) is 0 Å². The Morgan fingerprint density at radius 2 is 1.62 bits per heavy atom. The molecular weight excluding hydrogens is 238 g/mol. The van der Waals surface area contributed by atoms with Gasteiger partial charge in [-0.3, -0.25) is 0 Å². The van der Waals surface area contributed by atoms with Crippen LogP contribution in [0.25, 0.3) is 0 Å². The van der Waals surface area contributed by atoms with Gasteiger partial charge in [-0.15, -0.1) is 0 Å². The topological polar surface area (TPSA) is 26.0 Å².